The first-order chi connectivity index (χ1) is 12.1. The van der Waals surface area contributed by atoms with Crippen LogP contribution >= 0.6 is 11.6 Å². The second-order valence-electron chi connectivity index (χ2n) is 5.79. The minimum absolute atomic E-state index is 0.0970. The van der Waals surface area contributed by atoms with Crippen LogP contribution in [0.4, 0.5) is 0 Å². The van der Waals surface area contributed by atoms with Gasteiger partial charge in [-0.2, -0.15) is 0 Å². The lowest BCUT2D eigenvalue weighted by Gasteiger charge is -2.20. The Morgan fingerprint density at radius 3 is 2.76 bits per heavy atom. The van der Waals surface area contributed by atoms with Crippen LogP contribution in [0.3, 0.4) is 0 Å². The Balaban J connectivity index is 1.46. The zero-order chi connectivity index (χ0) is 17.6. The van der Waals surface area contributed by atoms with Crippen molar-refractivity contribution in [2.24, 2.45) is 0 Å². The SMILES string of the molecule is Cc1ccc(OCCNC(=O)Cc2cc(Cl)c3c(c2)OCCO3)cc1. The standard InChI is InChI=1S/C19H20ClNO4/c1-13-2-4-15(5-3-13)23-7-6-21-18(22)12-14-10-16(20)19-17(11-14)24-8-9-25-19/h2-5,10-11H,6-9,12H2,1H3,(H,21,22). The number of carbonyl (C=O) groups excluding carboxylic acids is 1. The van der Waals surface area contributed by atoms with E-state index in [4.69, 9.17) is 25.8 Å². The van der Waals surface area contributed by atoms with E-state index in [1.807, 2.05) is 31.2 Å². The Labute approximate surface area is 151 Å². The summed E-state index contributed by atoms with van der Waals surface area (Å²) in [5.74, 6) is 1.83. The first-order valence-corrected chi connectivity index (χ1v) is 8.54. The van der Waals surface area contributed by atoms with Crippen LogP contribution in [0.1, 0.15) is 11.1 Å². The van der Waals surface area contributed by atoms with Crippen LogP contribution in [0.2, 0.25) is 5.02 Å². The summed E-state index contributed by atoms with van der Waals surface area (Å²) in [6.07, 6.45) is 0.223. The molecule has 0 aromatic heterocycles. The molecular formula is C19H20ClNO4. The van der Waals surface area contributed by atoms with Crippen LogP contribution in [-0.4, -0.2) is 32.3 Å². The molecule has 0 atom stereocenters. The van der Waals surface area contributed by atoms with Gasteiger partial charge in [0.15, 0.2) is 11.5 Å². The van der Waals surface area contributed by atoms with Crippen molar-refractivity contribution in [3.05, 3.63) is 52.5 Å². The number of carbonyl (C=O) groups is 1. The van der Waals surface area contributed by atoms with Crippen LogP contribution in [0, 0.1) is 6.92 Å². The largest absolute Gasteiger partial charge is 0.492 e. The Kier molecular flexibility index (Phi) is 5.66. The van der Waals surface area contributed by atoms with Gasteiger partial charge in [0.25, 0.3) is 0 Å². The maximum absolute atomic E-state index is 12.1. The summed E-state index contributed by atoms with van der Waals surface area (Å²) in [6, 6.07) is 11.3. The lowest BCUT2D eigenvalue weighted by molar-refractivity contribution is -0.120. The fraction of sp³-hybridized carbons (Fsp3) is 0.316. The smallest absolute Gasteiger partial charge is 0.224 e. The van der Waals surface area contributed by atoms with E-state index in [1.54, 1.807) is 12.1 Å². The van der Waals surface area contributed by atoms with Crippen LogP contribution in [0.5, 0.6) is 17.2 Å². The quantitative estimate of drug-likeness (QED) is 0.803. The molecule has 3 rings (SSSR count). The van der Waals surface area contributed by atoms with Crippen molar-refractivity contribution in [3.8, 4) is 17.2 Å². The van der Waals surface area contributed by atoms with Gasteiger partial charge < -0.3 is 19.5 Å². The van der Waals surface area contributed by atoms with Gasteiger partial charge in [0.05, 0.1) is 18.0 Å². The molecule has 0 saturated heterocycles. The summed E-state index contributed by atoms with van der Waals surface area (Å²) in [5.41, 5.74) is 1.96. The molecule has 1 amide bonds. The maximum atomic E-state index is 12.1. The molecule has 0 unspecified atom stereocenters. The summed E-state index contributed by atoms with van der Waals surface area (Å²) in [6.45, 7) is 3.83. The Hall–Kier alpha value is -2.40. The number of hydrogen-bond acceptors (Lipinski definition) is 4. The van der Waals surface area contributed by atoms with Crippen molar-refractivity contribution in [3.63, 3.8) is 0 Å². The predicted octanol–water partition coefficient (Wildman–Crippen LogP) is 3.16. The molecule has 0 fully saturated rings. The topological polar surface area (TPSA) is 56.8 Å². The van der Waals surface area contributed by atoms with E-state index in [1.165, 1.54) is 5.56 Å². The highest BCUT2D eigenvalue weighted by atomic mass is 35.5. The summed E-state index contributed by atoms with van der Waals surface area (Å²) in [4.78, 5) is 12.1. The van der Waals surface area contributed by atoms with Gasteiger partial charge in [-0.3, -0.25) is 4.79 Å². The van der Waals surface area contributed by atoms with Crippen molar-refractivity contribution in [1.82, 2.24) is 5.32 Å². The minimum atomic E-state index is -0.0970. The minimum Gasteiger partial charge on any atom is -0.492 e. The van der Waals surface area contributed by atoms with Crippen molar-refractivity contribution in [2.45, 2.75) is 13.3 Å². The second-order valence-corrected chi connectivity index (χ2v) is 6.20. The van der Waals surface area contributed by atoms with Gasteiger partial charge in [-0.25, -0.2) is 0 Å². The molecule has 1 aliphatic rings. The van der Waals surface area contributed by atoms with Crippen molar-refractivity contribution < 1.29 is 19.0 Å². The lowest BCUT2D eigenvalue weighted by atomic mass is 10.1. The van der Waals surface area contributed by atoms with Gasteiger partial charge in [0, 0.05) is 0 Å². The van der Waals surface area contributed by atoms with Gasteiger partial charge in [0.2, 0.25) is 5.91 Å². The number of halogens is 1. The summed E-state index contributed by atoms with van der Waals surface area (Å²) in [7, 11) is 0. The van der Waals surface area contributed by atoms with Gasteiger partial charge in [-0.15, -0.1) is 0 Å². The molecule has 1 N–H and O–H groups in total. The Morgan fingerprint density at radius 1 is 1.20 bits per heavy atom. The van der Waals surface area contributed by atoms with Crippen LogP contribution in [-0.2, 0) is 11.2 Å². The van der Waals surface area contributed by atoms with E-state index < -0.39 is 0 Å². The summed E-state index contributed by atoms with van der Waals surface area (Å²) >= 11 is 6.18. The van der Waals surface area contributed by atoms with Crippen molar-refractivity contribution in [2.75, 3.05) is 26.4 Å². The highest BCUT2D eigenvalue weighted by Crippen LogP contribution is 2.38. The number of amides is 1. The van der Waals surface area contributed by atoms with Crippen molar-refractivity contribution >= 4 is 17.5 Å². The molecule has 0 bridgehead atoms. The average Bonchev–Trinajstić information content (AvgIpc) is 2.60. The van der Waals surface area contributed by atoms with Gasteiger partial charge in [-0.1, -0.05) is 29.3 Å². The van der Waals surface area contributed by atoms with E-state index in [0.29, 0.717) is 42.9 Å². The molecule has 0 saturated carbocycles. The zero-order valence-electron chi connectivity index (χ0n) is 14.0. The first-order valence-electron chi connectivity index (χ1n) is 8.16. The third-order valence-electron chi connectivity index (χ3n) is 3.74. The molecule has 0 spiro atoms. The number of rotatable bonds is 6. The molecular weight excluding hydrogens is 342 g/mol. The maximum Gasteiger partial charge on any atom is 0.224 e. The molecule has 6 heteroatoms. The van der Waals surface area contributed by atoms with E-state index in [-0.39, 0.29) is 12.3 Å². The number of ether oxygens (including phenoxy) is 3. The monoisotopic (exact) mass is 361 g/mol. The van der Waals surface area contributed by atoms with Crippen LogP contribution < -0.4 is 19.5 Å². The summed E-state index contributed by atoms with van der Waals surface area (Å²) < 4.78 is 16.6. The number of fused-ring (bicyclic) bond motifs is 1. The molecule has 0 aliphatic carbocycles. The fourth-order valence-electron chi connectivity index (χ4n) is 2.51. The second kappa shape index (κ2) is 8.12. The van der Waals surface area contributed by atoms with Crippen LogP contribution in [0.15, 0.2) is 36.4 Å². The third kappa shape index (κ3) is 4.79. The number of nitrogens with one attached hydrogen (secondary N) is 1. The molecule has 132 valence electrons. The molecule has 2 aromatic rings. The Bertz CT molecular complexity index is 746. The third-order valence-corrected chi connectivity index (χ3v) is 4.02. The number of aryl methyl sites for hydroxylation is 1. The van der Waals surface area contributed by atoms with E-state index in [9.17, 15) is 4.79 Å². The summed E-state index contributed by atoms with van der Waals surface area (Å²) in [5, 5.41) is 3.29. The highest BCUT2D eigenvalue weighted by Gasteiger charge is 2.17. The zero-order valence-corrected chi connectivity index (χ0v) is 14.8. The number of benzene rings is 2. The Morgan fingerprint density at radius 2 is 1.96 bits per heavy atom. The van der Waals surface area contributed by atoms with Gasteiger partial charge >= 0.3 is 0 Å². The molecule has 0 radical (unpaired) electrons. The van der Waals surface area contributed by atoms with E-state index in [2.05, 4.69) is 5.32 Å². The molecule has 1 heterocycles. The molecule has 5 nitrogen and oxygen atoms in total. The van der Waals surface area contributed by atoms with Gasteiger partial charge in [-0.05, 0) is 36.8 Å². The van der Waals surface area contributed by atoms with E-state index >= 15 is 0 Å². The predicted molar refractivity (Wildman–Crippen MR) is 95.8 cm³/mol. The highest BCUT2D eigenvalue weighted by molar-refractivity contribution is 6.32. The fourth-order valence-corrected chi connectivity index (χ4v) is 2.80. The van der Waals surface area contributed by atoms with E-state index in [0.717, 1.165) is 11.3 Å². The van der Waals surface area contributed by atoms with Crippen LogP contribution in [0.25, 0.3) is 0 Å². The first kappa shape index (κ1) is 17.4. The molecule has 25 heavy (non-hydrogen) atoms. The molecule has 2 aromatic carbocycles. The lowest BCUT2D eigenvalue weighted by Crippen LogP contribution is -2.29. The van der Waals surface area contributed by atoms with Crippen molar-refractivity contribution in [1.29, 1.82) is 0 Å². The molecule has 1 aliphatic heterocycles. The average molecular weight is 362 g/mol. The number of hydrogen-bond donors (Lipinski definition) is 1. The normalized spacial score (nSPS) is 12.6. The van der Waals surface area contributed by atoms with Gasteiger partial charge in [0.1, 0.15) is 25.6 Å².